The maximum atomic E-state index is 12.4. The minimum Gasteiger partial charge on any atom is -0.392 e. The van der Waals surface area contributed by atoms with Gasteiger partial charge in [0.15, 0.2) is 0 Å². The van der Waals surface area contributed by atoms with Crippen LogP contribution in [0.2, 0.25) is 5.02 Å². The van der Waals surface area contributed by atoms with Crippen molar-refractivity contribution in [2.24, 2.45) is 0 Å². The Morgan fingerprint density at radius 3 is 2.65 bits per heavy atom. The molecule has 1 aromatic heterocycles. The molecule has 0 bridgehead atoms. The number of nitrogens with one attached hydrogen (secondary N) is 1. The first-order valence-corrected chi connectivity index (χ1v) is 7.57. The van der Waals surface area contributed by atoms with Crippen LogP contribution >= 0.6 is 11.6 Å². The maximum absolute atomic E-state index is 12.4. The van der Waals surface area contributed by atoms with Crippen LogP contribution in [-0.4, -0.2) is 16.0 Å². The van der Waals surface area contributed by atoms with Crippen molar-refractivity contribution in [3.63, 3.8) is 0 Å². The summed E-state index contributed by atoms with van der Waals surface area (Å²) in [6.07, 6.45) is 1.65. The smallest absolute Gasteiger partial charge is 0.251 e. The Hall–Kier alpha value is -2.43. The van der Waals surface area contributed by atoms with Crippen molar-refractivity contribution in [2.45, 2.75) is 13.2 Å². The second-order valence-electron chi connectivity index (χ2n) is 5.13. The minimum absolute atomic E-state index is 0.238. The van der Waals surface area contributed by atoms with Gasteiger partial charge >= 0.3 is 0 Å². The highest BCUT2D eigenvalue weighted by Crippen LogP contribution is 2.21. The van der Waals surface area contributed by atoms with Crippen molar-refractivity contribution in [3.05, 3.63) is 76.4 Å². The topological polar surface area (TPSA) is 62.2 Å². The van der Waals surface area contributed by atoms with Gasteiger partial charge in [0.2, 0.25) is 0 Å². The van der Waals surface area contributed by atoms with Gasteiger partial charge in [-0.15, -0.1) is 0 Å². The number of benzene rings is 2. The van der Waals surface area contributed by atoms with E-state index in [2.05, 4.69) is 10.3 Å². The average molecular weight is 327 g/mol. The van der Waals surface area contributed by atoms with Gasteiger partial charge in [-0.25, -0.2) is 0 Å². The number of pyridine rings is 1. The van der Waals surface area contributed by atoms with Crippen molar-refractivity contribution in [3.8, 4) is 0 Å². The summed E-state index contributed by atoms with van der Waals surface area (Å²) in [6, 6.07) is 14.5. The van der Waals surface area contributed by atoms with E-state index in [1.165, 1.54) is 0 Å². The van der Waals surface area contributed by atoms with Crippen LogP contribution in [0.1, 0.15) is 21.5 Å². The molecule has 0 saturated carbocycles. The van der Waals surface area contributed by atoms with E-state index in [4.69, 9.17) is 11.6 Å². The minimum atomic E-state index is -0.239. The van der Waals surface area contributed by atoms with Gasteiger partial charge in [0.05, 0.1) is 12.1 Å². The Labute approximate surface area is 138 Å². The van der Waals surface area contributed by atoms with Gasteiger partial charge in [-0.05, 0) is 29.8 Å². The molecule has 23 heavy (non-hydrogen) atoms. The van der Waals surface area contributed by atoms with Crippen molar-refractivity contribution in [2.75, 3.05) is 0 Å². The zero-order chi connectivity index (χ0) is 16.2. The van der Waals surface area contributed by atoms with E-state index in [0.29, 0.717) is 28.2 Å². The molecule has 0 aliphatic carbocycles. The molecule has 0 atom stereocenters. The second-order valence-corrected chi connectivity index (χ2v) is 5.57. The molecule has 0 aliphatic rings. The summed E-state index contributed by atoms with van der Waals surface area (Å²) in [6.45, 7) is 0.152. The van der Waals surface area contributed by atoms with Crippen LogP contribution in [0.3, 0.4) is 0 Å². The quantitative estimate of drug-likeness (QED) is 0.773. The molecule has 4 nitrogen and oxygen atoms in total. The molecule has 2 aromatic carbocycles. The molecule has 3 rings (SSSR count). The number of halogens is 1. The molecule has 0 unspecified atom stereocenters. The van der Waals surface area contributed by atoms with Gasteiger partial charge in [0.25, 0.3) is 5.91 Å². The van der Waals surface area contributed by atoms with Gasteiger partial charge < -0.3 is 10.4 Å². The molecule has 1 amide bonds. The number of aliphatic hydroxyl groups is 1. The predicted molar refractivity (Wildman–Crippen MR) is 90.3 cm³/mol. The van der Waals surface area contributed by atoms with Crippen molar-refractivity contribution >= 4 is 28.4 Å². The number of aliphatic hydroxyl groups excluding tert-OH is 1. The highest BCUT2D eigenvalue weighted by atomic mass is 35.5. The van der Waals surface area contributed by atoms with E-state index >= 15 is 0 Å². The molecular formula is C18H15ClN2O2. The van der Waals surface area contributed by atoms with E-state index < -0.39 is 0 Å². The lowest BCUT2D eigenvalue weighted by Crippen LogP contribution is -2.24. The third kappa shape index (κ3) is 3.33. The molecule has 0 saturated heterocycles. The summed E-state index contributed by atoms with van der Waals surface area (Å²) in [7, 11) is 0. The summed E-state index contributed by atoms with van der Waals surface area (Å²) in [5, 5.41) is 14.0. The molecule has 116 valence electrons. The Morgan fingerprint density at radius 2 is 1.91 bits per heavy atom. The van der Waals surface area contributed by atoms with Crippen LogP contribution in [0.5, 0.6) is 0 Å². The highest BCUT2D eigenvalue weighted by Gasteiger charge is 2.14. The van der Waals surface area contributed by atoms with Gasteiger partial charge in [-0.2, -0.15) is 0 Å². The molecule has 5 heteroatoms. The van der Waals surface area contributed by atoms with Crippen LogP contribution in [0.15, 0.2) is 54.7 Å². The first kappa shape index (κ1) is 15.5. The molecule has 0 radical (unpaired) electrons. The number of rotatable bonds is 4. The fourth-order valence-electron chi connectivity index (χ4n) is 2.46. The molecular weight excluding hydrogens is 312 g/mol. The van der Waals surface area contributed by atoms with Crippen LogP contribution < -0.4 is 5.32 Å². The number of hydrogen-bond acceptors (Lipinski definition) is 3. The highest BCUT2D eigenvalue weighted by molar-refractivity contribution is 6.30. The van der Waals surface area contributed by atoms with Crippen molar-refractivity contribution in [1.29, 1.82) is 0 Å². The lowest BCUT2D eigenvalue weighted by atomic mass is 10.0. The van der Waals surface area contributed by atoms with Crippen LogP contribution in [0, 0.1) is 0 Å². The van der Waals surface area contributed by atoms with E-state index in [1.54, 1.807) is 24.4 Å². The van der Waals surface area contributed by atoms with Crippen LogP contribution in [-0.2, 0) is 13.2 Å². The van der Waals surface area contributed by atoms with E-state index in [0.717, 1.165) is 10.9 Å². The van der Waals surface area contributed by atoms with Crippen LogP contribution in [0.25, 0.3) is 10.9 Å². The number of fused-ring (bicyclic) bond motifs is 1. The van der Waals surface area contributed by atoms with Gasteiger partial charge in [-0.1, -0.05) is 35.9 Å². The summed E-state index contributed by atoms with van der Waals surface area (Å²) < 4.78 is 0. The summed E-state index contributed by atoms with van der Waals surface area (Å²) in [5.41, 5.74) is 2.57. The SMILES string of the molecule is O=C(NCc1ccc(Cl)cc1)c1ccc2cccnc2c1CO. The number of amides is 1. The lowest BCUT2D eigenvalue weighted by Gasteiger charge is -2.11. The Bertz CT molecular complexity index is 847. The van der Waals surface area contributed by atoms with E-state index in [-0.39, 0.29) is 12.5 Å². The number of hydrogen-bond donors (Lipinski definition) is 2. The van der Waals surface area contributed by atoms with E-state index in [9.17, 15) is 9.90 Å². The number of carbonyl (C=O) groups is 1. The molecule has 0 spiro atoms. The molecule has 3 aromatic rings. The fraction of sp³-hybridized carbons (Fsp3) is 0.111. The third-order valence-corrected chi connectivity index (χ3v) is 3.90. The van der Waals surface area contributed by atoms with Crippen molar-refractivity contribution < 1.29 is 9.90 Å². The number of nitrogens with zero attached hydrogens (tertiary/aromatic N) is 1. The van der Waals surface area contributed by atoms with Crippen LogP contribution in [0.4, 0.5) is 0 Å². The first-order valence-electron chi connectivity index (χ1n) is 7.19. The standard InChI is InChI=1S/C18H15ClN2O2/c19-14-6-3-12(4-7-14)10-21-18(23)15-8-5-13-2-1-9-20-17(13)16(15)11-22/h1-9,22H,10-11H2,(H,21,23). The van der Waals surface area contributed by atoms with Gasteiger partial charge in [-0.3, -0.25) is 9.78 Å². The fourth-order valence-corrected chi connectivity index (χ4v) is 2.58. The number of aromatic nitrogens is 1. The summed E-state index contributed by atoms with van der Waals surface area (Å²) in [4.78, 5) is 16.7. The molecule has 2 N–H and O–H groups in total. The first-order chi connectivity index (χ1) is 11.2. The van der Waals surface area contributed by atoms with Gasteiger partial charge in [0.1, 0.15) is 0 Å². The molecule has 0 aliphatic heterocycles. The summed E-state index contributed by atoms with van der Waals surface area (Å²) in [5.74, 6) is -0.239. The normalized spacial score (nSPS) is 10.7. The zero-order valence-corrected chi connectivity index (χ0v) is 13.0. The number of carbonyl (C=O) groups excluding carboxylic acids is 1. The largest absolute Gasteiger partial charge is 0.392 e. The van der Waals surface area contributed by atoms with Crippen molar-refractivity contribution in [1.82, 2.24) is 10.3 Å². The second kappa shape index (κ2) is 6.77. The maximum Gasteiger partial charge on any atom is 0.251 e. The lowest BCUT2D eigenvalue weighted by molar-refractivity contribution is 0.0948. The predicted octanol–water partition coefficient (Wildman–Crippen LogP) is 3.31. The third-order valence-electron chi connectivity index (χ3n) is 3.65. The summed E-state index contributed by atoms with van der Waals surface area (Å²) >= 11 is 5.84. The monoisotopic (exact) mass is 326 g/mol. The Kier molecular flexibility index (Phi) is 4.55. The molecule has 0 fully saturated rings. The zero-order valence-electron chi connectivity index (χ0n) is 12.3. The van der Waals surface area contributed by atoms with E-state index in [1.807, 2.05) is 30.3 Å². The molecule has 1 heterocycles. The Balaban J connectivity index is 1.84. The van der Waals surface area contributed by atoms with Gasteiger partial charge in [0, 0.05) is 34.3 Å². The Morgan fingerprint density at radius 1 is 1.13 bits per heavy atom. The average Bonchev–Trinajstić information content (AvgIpc) is 2.60.